The molecule has 0 aliphatic rings. The predicted octanol–water partition coefficient (Wildman–Crippen LogP) is 6.33. The number of aromatic carboxylic acids is 1. The molecule has 0 fully saturated rings. The highest BCUT2D eigenvalue weighted by Gasteiger charge is 2.37. The molecular weight excluding hydrogens is 454 g/mol. The summed E-state index contributed by atoms with van der Waals surface area (Å²) in [4.78, 5) is 18.8. The number of ether oxygens (including phenoxy) is 1. The molecule has 3 rings (SSSR count). The summed E-state index contributed by atoms with van der Waals surface area (Å²) in [5.74, 6) is -2.79. The van der Waals surface area contributed by atoms with E-state index in [0.29, 0.717) is 18.3 Å². The molecule has 1 heterocycles. The molecule has 31 heavy (non-hydrogen) atoms. The Labute approximate surface area is 174 Å². The van der Waals surface area contributed by atoms with E-state index in [9.17, 15) is 36.2 Å². The third kappa shape index (κ3) is 5.05. The smallest absolute Gasteiger partial charge is 0.416 e. The van der Waals surface area contributed by atoms with Gasteiger partial charge in [0, 0.05) is 11.8 Å². The average Bonchev–Trinajstić information content (AvgIpc) is 2.68. The summed E-state index contributed by atoms with van der Waals surface area (Å²) in [5.41, 5.74) is -4.36. The van der Waals surface area contributed by atoms with Crippen molar-refractivity contribution < 1.29 is 41.0 Å². The number of hydrogen-bond donors (Lipinski definition) is 1. The van der Waals surface area contributed by atoms with Gasteiger partial charge in [0.15, 0.2) is 5.82 Å². The molecule has 2 aromatic carbocycles. The van der Waals surface area contributed by atoms with Crippen LogP contribution in [0.2, 0.25) is 5.02 Å². The van der Waals surface area contributed by atoms with E-state index in [4.69, 9.17) is 16.3 Å². The van der Waals surface area contributed by atoms with Crippen LogP contribution < -0.4 is 4.74 Å². The quantitative estimate of drug-likeness (QED) is 0.459. The first-order chi connectivity index (χ1) is 14.4. The lowest BCUT2D eigenvalue weighted by Crippen LogP contribution is -2.11. The third-order valence-electron chi connectivity index (χ3n) is 3.87. The Morgan fingerprint density at radius 2 is 1.55 bits per heavy atom. The van der Waals surface area contributed by atoms with E-state index < -0.39 is 52.3 Å². The minimum atomic E-state index is -5.08. The van der Waals surface area contributed by atoms with E-state index in [1.165, 1.54) is 18.2 Å². The van der Waals surface area contributed by atoms with E-state index in [-0.39, 0.29) is 16.8 Å². The standard InChI is InChI=1S/C19H9ClF6N2O3/c20-13-3-1-2-4-14(13)31-16-12(17(29)30)8-27-15(28-16)9-5-10(18(21,22)23)7-11(6-9)19(24,25)26/h1-8H,(H,29,30). The Morgan fingerprint density at radius 1 is 0.968 bits per heavy atom. The van der Waals surface area contributed by atoms with Crippen LogP contribution in [0.15, 0.2) is 48.7 Å². The van der Waals surface area contributed by atoms with E-state index in [1.807, 2.05) is 0 Å². The van der Waals surface area contributed by atoms with Crippen molar-refractivity contribution in [3.05, 3.63) is 70.4 Å². The highest BCUT2D eigenvalue weighted by Crippen LogP contribution is 2.38. The second kappa shape index (κ2) is 8.06. The molecule has 0 spiro atoms. The number of carboxylic acids is 1. The predicted molar refractivity (Wildman–Crippen MR) is 96.0 cm³/mol. The van der Waals surface area contributed by atoms with Gasteiger partial charge in [-0.25, -0.2) is 9.78 Å². The number of hydrogen-bond acceptors (Lipinski definition) is 4. The molecule has 0 saturated heterocycles. The van der Waals surface area contributed by atoms with Gasteiger partial charge >= 0.3 is 18.3 Å². The fourth-order valence-electron chi connectivity index (χ4n) is 2.45. The minimum absolute atomic E-state index is 0.0312. The second-order valence-corrected chi connectivity index (χ2v) is 6.45. The Hall–Kier alpha value is -3.34. The molecule has 0 aliphatic carbocycles. The van der Waals surface area contributed by atoms with Gasteiger partial charge in [-0.2, -0.15) is 31.3 Å². The summed E-state index contributed by atoms with van der Waals surface area (Å²) in [5, 5.41) is 9.35. The zero-order chi connectivity index (χ0) is 23.0. The Bertz CT molecular complexity index is 1120. The second-order valence-electron chi connectivity index (χ2n) is 6.04. The molecule has 1 N–H and O–H groups in total. The summed E-state index contributed by atoms with van der Waals surface area (Å²) in [6.45, 7) is 0. The highest BCUT2D eigenvalue weighted by molar-refractivity contribution is 6.32. The number of nitrogens with zero attached hydrogens (tertiary/aromatic N) is 2. The lowest BCUT2D eigenvalue weighted by molar-refractivity contribution is -0.143. The van der Waals surface area contributed by atoms with E-state index in [2.05, 4.69) is 9.97 Å². The number of carbonyl (C=O) groups is 1. The summed E-state index contributed by atoms with van der Waals surface area (Å²) in [6, 6.07) is 6.64. The van der Waals surface area contributed by atoms with Crippen LogP contribution in [0.3, 0.4) is 0 Å². The van der Waals surface area contributed by atoms with Gasteiger partial charge in [0.25, 0.3) is 0 Å². The monoisotopic (exact) mass is 462 g/mol. The van der Waals surface area contributed by atoms with Crippen molar-refractivity contribution >= 4 is 17.6 Å². The maximum atomic E-state index is 13.1. The first kappa shape index (κ1) is 22.3. The minimum Gasteiger partial charge on any atom is -0.477 e. The molecule has 0 aliphatic heterocycles. The molecule has 0 atom stereocenters. The number of rotatable bonds is 4. The molecule has 5 nitrogen and oxygen atoms in total. The number of benzene rings is 2. The van der Waals surface area contributed by atoms with Crippen molar-refractivity contribution in [2.75, 3.05) is 0 Å². The summed E-state index contributed by atoms with van der Waals surface area (Å²) >= 11 is 5.94. The number of alkyl halides is 6. The molecule has 0 radical (unpaired) electrons. The third-order valence-corrected chi connectivity index (χ3v) is 4.19. The normalized spacial score (nSPS) is 12.0. The SMILES string of the molecule is O=C(O)c1cnc(-c2cc(C(F)(F)F)cc(C(F)(F)F)c2)nc1Oc1ccccc1Cl. The molecule has 3 aromatic rings. The fourth-order valence-corrected chi connectivity index (χ4v) is 2.62. The molecule has 1 aromatic heterocycles. The first-order valence-electron chi connectivity index (χ1n) is 8.19. The average molecular weight is 463 g/mol. The van der Waals surface area contributed by atoms with Crippen LogP contribution in [0, 0.1) is 0 Å². The van der Waals surface area contributed by atoms with E-state index in [1.54, 1.807) is 6.07 Å². The van der Waals surface area contributed by atoms with Gasteiger partial charge < -0.3 is 9.84 Å². The largest absolute Gasteiger partial charge is 0.477 e. The maximum Gasteiger partial charge on any atom is 0.416 e. The van der Waals surface area contributed by atoms with Gasteiger partial charge in [-0.15, -0.1) is 0 Å². The van der Waals surface area contributed by atoms with Crippen molar-refractivity contribution in [3.63, 3.8) is 0 Å². The van der Waals surface area contributed by atoms with Crippen LogP contribution >= 0.6 is 11.6 Å². The molecule has 0 amide bonds. The number of para-hydroxylation sites is 1. The lowest BCUT2D eigenvalue weighted by Gasteiger charge is -2.14. The number of aromatic nitrogens is 2. The van der Waals surface area contributed by atoms with Crippen LogP contribution in [0.5, 0.6) is 11.6 Å². The number of halogens is 7. The molecule has 12 heteroatoms. The lowest BCUT2D eigenvalue weighted by atomic mass is 10.0. The van der Waals surface area contributed by atoms with E-state index in [0.717, 1.165) is 0 Å². The van der Waals surface area contributed by atoms with Gasteiger partial charge in [-0.3, -0.25) is 0 Å². The van der Waals surface area contributed by atoms with Crippen molar-refractivity contribution in [3.8, 4) is 23.0 Å². The molecule has 0 unspecified atom stereocenters. The van der Waals surface area contributed by atoms with Gasteiger partial charge in [0.05, 0.1) is 16.1 Å². The van der Waals surface area contributed by atoms with Gasteiger partial charge in [0.1, 0.15) is 11.3 Å². The van der Waals surface area contributed by atoms with Crippen molar-refractivity contribution in [1.82, 2.24) is 9.97 Å². The van der Waals surface area contributed by atoms with Crippen LogP contribution in [0.25, 0.3) is 11.4 Å². The Morgan fingerprint density at radius 3 is 2.06 bits per heavy atom. The van der Waals surface area contributed by atoms with Crippen LogP contribution in [0.1, 0.15) is 21.5 Å². The van der Waals surface area contributed by atoms with Crippen LogP contribution in [-0.4, -0.2) is 21.0 Å². The topological polar surface area (TPSA) is 72.3 Å². The van der Waals surface area contributed by atoms with Gasteiger partial charge in [0.2, 0.25) is 5.88 Å². The summed E-state index contributed by atoms with van der Waals surface area (Å²) in [6.07, 6.45) is -9.44. The zero-order valence-corrected chi connectivity index (χ0v) is 15.7. The Balaban J connectivity index is 2.17. The van der Waals surface area contributed by atoms with Crippen molar-refractivity contribution in [1.29, 1.82) is 0 Å². The first-order valence-corrected chi connectivity index (χ1v) is 8.56. The molecular formula is C19H9ClF6N2O3. The van der Waals surface area contributed by atoms with Gasteiger partial charge in [-0.1, -0.05) is 23.7 Å². The highest BCUT2D eigenvalue weighted by atomic mass is 35.5. The van der Waals surface area contributed by atoms with Gasteiger partial charge in [-0.05, 0) is 30.3 Å². The molecule has 162 valence electrons. The maximum absolute atomic E-state index is 13.1. The van der Waals surface area contributed by atoms with Crippen LogP contribution in [-0.2, 0) is 12.4 Å². The van der Waals surface area contributed by atoms with Crippen molar-refractivity contribution in [2.45, 2.75) is 12.4 Å². The summed E-state index contributed by atoms with van der Waals surface area (Å²) in [7, 11) is 0. The Kier molecular flexibility index (Phi) is 5.81. The number of carboxylic acid groups (broad SMARTS) is 1. The van der Waals surface area contributed by atoms with Crippen LogP contribution in [0.4, 0.5) is 26.3 Å². The zero-order valence-electron chi connectivity index (χ0n) is 14.9. The molecule has 0 saturated carbocycles. The fraction of sp³-hybridized carbons (Fsp3) is 0.105. The molecule has 0 bridgehead atoms. The van der Waals surface area contributed by atoms with E-state index >= 15 is 0 Å². The van der Waals surface area contributed by atoms with Crippen molar-refractivity contribution in [2.24, 2.45) is 0 Å². The summed E-state index contributed by atoms with van der Waals surface area (Å²) < 4.78 is 84.0.